The zero-order valence-corrected chi connectivity index (χ0v) is 12.4. The summed E-state index contributed by atoms with van der Waals surface area (Å²) in [6.45, 7) is 4.51. The van der Waals surface area contributed by atoms with Gasteiger partial charge in [0.05, 0.1) is 12.3 Å². The highest BCUT2D eigenvalue weighted by atomic mass is 32.2. The van der Waals surface area contributed by atoms with E-state index in [4.69, 9.17) is 0 Å². The van der Waals surface area contributed by atoms with Crippen LogP contribution in [-0.2, 0) is 11.3 Å². The zero-order chi connectivity index (χ0) is 13.7. The Labute approximate surface area is 119 Å². The van der Waals surface area contributed by atoms with E-state index in [1.165, 1.54) is 18.1 Å². The van der Waals surface area contributed by atoms with Gasteiger partial charge in [0.1, 0.15) is 12.7 Å². The van der Waals surface area contributed by atoms with Gasteiger partial charge in [-0.25, -0.2) is 9.97 Å². The van der Waals surface area contributed by atoms with E-state index in [1.54, 1.807) is 22.3 Å². The van der Waals surface area contributed by atoms with Gasteiger partial charge in [-0.3, -0.25) is 9.48 Å². The van der Waals surface area contributed by atoms with Crippen LogP contribution in [-0.4, -0.2) is 37.5 Å². The third-order valence-electron chi connectivity index (χ3n) is 2.26. The maximum Gasteiger partial charge on any atom is 0.230 e. The van der Waals surface area contributed by atoms with Gasteiger partial charge < -0.3 is 5.32 Å². The van der Waals surface area contributed by atoms with Crippen LogP contribution in [0.2, 0.25) is 0 Å². The number of thiazole rings is 1. The van der Waals surface area contributed by atoms with Crippen molar-refractivity contribution in [3.05, 3.63) is 23.7 Å². The Morgan fingerprint density at radius 3 is 3.11 bits per heavy atom. The lowest BCUT2D eigenvalue weighted by Gasteiger charge is -2.13. The molecule has 2 aromatic heterocycles. The summed E-state index contributed by atoms with van der Waals surface area (Å²) < 4.78 is 2.62. The van der Waals surface area contributed by atoms with Gasteiger partial charge in [0.2, 0.25) is 5.91 Å². The number of carbonyl (C=O) groups excluding carboxylic acids is 1. The number of aromatic nitrogens is 4. The predicted octanol–water partition coefficient (Wildman–Crippen LogP) is 1.34. The highest BCUT2D eigenvalue weighted by molar-refractivity contribution is 8.01. The van der Waals surface area contributed by atoms with Crippen molar-refractivity contribution in [1.29, 1.82) is 0 Å². The number of rotatable bonds is 6. The highest BCUT2D eigenvalue weighted by Crippen LogP contribution is 2.21. The van der Waals surface area contributed by atoms with E-state index in [-0.39, 0.29) is 11.9 Å². The van der Waals surface area contributed by atoms with Crippen LogP contribution < -0.4 is 5.32 Å². The van der Waals surface area contributed by atoms with Gasteiger partial charge in [0.15, 0.2) is 4.34 Å². The summed E-state index contributed by atoms with van der Waals surface area (Å²) in [7, 11) is 0. The molecule has 6 nitrogen and oxygen atoms in total. The van der Waals surface area contributed by atoms with Crippen LogP contribution in [0.1, 0.15) is 12.6 Å². The van der Waals surface area contributed by atoms with Crippen molar-refractivity contribution in [3.8, 4) is 0 Å². The molecule has 0 aliphatic rings. The number of thioether (sulfide) groups is 1. The Hall–Kier alpha value is -1.41. The standard InChI is InChI=1S/C11H15N5OS2/c1-8(3-16-7-12-6-13-16)14-10(17)5-19-11-15-9(2)4-18-11/h4,6-8H,3,5H2,1-2H3,(H,14,17). The Kier molecular flexibility index (Phi) is 4.92. The fourth-order valence-corrected chi connectivity index (χ4v) is 3.16. The average Bonchev–Trinajstić information content (AvgIpc) is 2.98. The van der Waals surface area contributed by atoms with E-state index < -0.39 is 0 Å². The molecule has 2 rings (SSSR count). The predicted molar refractivity (Wildman–Crippen MR) is 75.2 cm³/mol. The number of carbonyl (C=O) groups is 1. The summed E-state index contributed by atoms with van der Waals surface area (Å²) in [5, 5.41) is 8.90. The smallest absolute Gasteiger partial charge is 0.230 e. The van der Waals surface area contributed by atoms with Gasteiger partial charge in [-0.15, -0.1) is 11.3 Å². The van der Waals surface area contributed by atoms with Gasteiger partial charge in [-0.1, -0.05) is 11.8 Å². The second-order valence-corrected chi connectivity index (χ2v) is 6.21. The first-order chi connectivity index (χ1) is 9.13. The summed E-state index contributed by atoms with van der Waals surface area (Å²) in [6.07, 6.45) is 3.12. The molecule has 0 aliphatic carbocycles. The van der Waals surface area contributed by atoms with Crippen LogP contribution in [0.25, 0.3) is 0 Å². The third-order valence-corrected chi connectivity index (χ3v) is 4.40. The van der Waals surface area contributed by atoms with Gasteiger partial charge in [0.25, 0.3) is 0 Å². The molecule has 0 saturated heterocycles. The van der Waals surface area contributed by atoms with Crippen LogP contribution in [0.5, 0.6) is 0 Å². The van der Waals surface area contributed by atoms with Crippen molar-refractivity contribution >= 4 is 29.0 Å². The average molecular weight is 297 g/mol. The molecule has 102 valence electrons. The molecule has 0 fully saturated rings. The van der Waals surface area contributed by atoms with E-state index in [0.29, 0.717) is 12.3 Å². The van der Waals surface area contributed by atoms with Gasteiger partial charge >= 0.3 is 0 Å². The number of aryl methyl sites for hydroxylation is 1. The lowest BCUT2D eigenvalue weighted by molar-refractivity contribution is -0.119. The van der Waals surface area contributed by atoms with Crippen LogP contribution in [0, 0.1) is 6.92 Å². The minimum absolute atomic E-state index is 0.00506. The lowest BCUT2D eigenvalue weighted by atomic mass is 10.3. The Morgan fingerprint density at radius 2 is 2.47 bits per heavy atom. The monoisotopic (exact) mass is 297 g/mol. The second kappa shape index (κ2) is 6.67. The molecule has 1 amide bonds. The van der Waals surface area contributed by atoms with Gasteiger partial charge in [-0.2, -0.15) is 5.10 Å². The van der Waals surface area contributed by atoms with E-state index in [1.807, 2.05) is 19.2 Å². The fraction of sp³-hybridized carbons (Fsp3) is 0.455. The normalized spacial score (nSPS) is 12.3. The number of nitrogens with zero attached hydrogens (tertiary/aromatic N) is 4. The molecule has 1 atom stereocenters. The maximum atomic E-state index is 11.8. The Bertz CT molecular complexity index is 525. The van der Waals surface area contributed by atoms with Crippen molar-refractivity contribution in [2.75, 3.05) is 5.75 Å². The molecular weight excluding hydrogens is 282 g/mol. The molecule has 1 unspecified atom stereocenters. The summed E-state index contributed by atoms with van der Waals surface area (Å²) in [5.74, 6) is 0.389. The first-order valence-corrected chi connectivity index (χ1v) is 7.66. The maximum absolute atomic E-state index is 11.8. The number of amides is 1. The molecule has 0 aliphatic heterocycles. The minimum atomic E-state index is 0.00506. The quantitative estimate of drug-likeness (QED) is 0.815. The van der Waals surface area contributed by atoms with Crippen molar-refractivity contribution in [3.63, 3.8) is 0 Å². The molecule has 0 aromatic carbocycles. The number of hydrogen-bond donors (Lipinski definition) is 1. The summed E-state index contributed by atoms with van der Waals surface area (Å²) in [5.41, 5.74) is 0.993. The molecule has 2 aromatic rings. The molecule has 8 heteroatoms. The number of nitrogens with one attached hydrogen (secondary N) is 1. The highest BCUT2D eigenvalue weighted by Gasteiger charge is 2.10. The van der Waals surface area contributed by atoms with Gasteiger partial charge in [-0.05, 0) is 13.8 Å². The largest absolute Gasteiger partial charge is 0.351 e. The van der Waals surface area contributed by atoms with Crippen molar-refractivity contribution in [2.45, 2.75) is 30.8 Å². The molecule has 2 heterocycles. The molecule has 0 bridgehead atoms. The van der Waals surface area contributed by atoms with E-state index in [9.17, 15) is 4.79 Å². The molecule has 0 radical (unpaired) electrons. The van der Waals surface area contributed by atoms with Crippen molar-refractivity contribution in [2.24, 2.45) is 0 Å². The van der Waals surface area contributed by atoms with Crippen LogP contribution in [0.3, 0.4) is 0 Å². The topological polar surface area (TPSA) is 72.7 Å². The Balaban J connectivity index is 1.71. The number of hydrogen-bond acceptors (Lipinski definition) is 6. The first kappa shape index (κ1) is 14.0. The minimum Gasteiger partial charge on any atom is -0.351 e. The van der Waals surface area contributed by atoms with Crippen LogP contribution in [0.15, 0.2) is 22.4 Å². The second-order valence-electron chi connectivity index (χ2n) is 4.13. The van der Waals surface area contributed by atoms with Gasteiger partial charge in [0, 0.05) is 17.1 Å². The fourth-order valence-electron chi connectivity index (χ4n) is 1.50. The van der Waals surface area contributed by atoms with Crippen LogP contribution in [0.4, 0.5) is 0 Å². The summed E-state index contributed by atoms with van der Waals surface area (Å²) >= 11 is 3.02. The van der Waals surface area contributed by atoms with Crippen molar-refractivity contribution in [1.82, 2.24) is 25.1 Å². The molecule has 0 spiro atoms. The molecule has 1 N–H and O–H groups in total. The summed E-state index contributed by atoms with van der Waals surface area (Å²) in [4.78, 5) is 19.9. The SMILES string of the molecule is Cc1csc(SCC(=O)NC(C)Cn2cncn2)n1. The molecule has 19 heavy (non-hydrogen) atoms. The van der Waals surface area contributed by atoms with Crippen LogP contribution >= 0.6 is 23.1 Å². The molecular formula is C11H15N5OS2. The lowest BCUT2D eigenvalue weighted by Crippen LogP contribution is -2.36. The molecule has 0 saturated carbocycles. The Morgan fingerprint density at radius 1 is 1.63 bits per heavy atom. The first-order valence-electron chi connectivity index (χ1n) is 5.80. The van der Waals surface area contributed by atoms with Crippen molar-refractivity contribution < 1.29 is 4.79 Å². The van der Waals surface area contributed by atoms with E-state index in [2.05, 4.69) is 20.4 Å². The van der Waals surface area contributed by atoms with E-state index >= 15 is 0 Å². The summed E-state index contributed by atoms with van der Waals surface area (Å²) in [6, 6.07) is 0.0211. The zero-order valence-electron chi connectivity index (χ0n) is 10.7. The third kappa shape index (κ3) is 4.64. The van der Waals surface area contributed by atoms with E-state index in [0.717, 1.165) is 10.0 Å².